The fourth-order valence-electron chi connectivity index (χ4n) is 4.03. The summed E-state index contributed by atoms with van der Waals surface area (Å²) in [4.78, 5) is 19.3. The largest absolute Gasteiger partial charge is 0.497 e. The van der Waals surface area contributed by atoms with Crippen molar-refractivity contribution in [2.24, 2.45) is 0 Å². The number of para-hydroxylation sites is 1. The SMILES string of the molecule is COc1ccc(-c2noc(CNc3ccc(C(=O)N4CCc5ccccc54)cc3)n2)c(OC)c1. The first-order valence-corrected chi connectivity index (χ1v) is 10.9. The molecular weight excluding hydrogens is 432 g/mol. The number of carbonyl (C=O) groups is 1. The third-order valence-corrected chi connectivity index (χ3v) is 5.83. The van der Waals surface area contributed by atoms with Crippen molar-refractivity contribution in [2.75, 3.05) is 31.0 Å². The zero-order valence-electron chi connectivity index (χ0n) is 18.9. The molecule has 0 radical (unpaired) electrons. The fraction of sp³-hybridized carbons (Fsp3) is 0.192. The first-order chi connectivity index (χ1) is 16.7. The van der Waals surface area contributed by atoms with Crippen LogP contribution in [0, 0.1) is 0 Å². The Labute approximate surface area is 197 Å². The predicted molar refractivity (Wildman–Crippen MR) is 128 cm³/mol. The van der Waals surface area contributed by atoms with Crippen molar-refractivity contribution in [3.63, 3.8) is 0 Å². The Hall–Kier alpha value is -4.33. The number of ether oxygens (including phenoxy) is 2. The lowest BCUT2D eigenvalue weighted by molar-refractivity contribution is 0.0989. The molecule has 5 rings (SSSR count). The van der Waals surface area contributed by atoms with Gasteiger partial charge in [-0.05, 0) is 54.4 Å². The molecule has 8 nitrogen and oxygen atoms in total. The second kappa shape index (κ2) is 9.27. The molecule has 2 heterocycles. The van der Waals surface area contributed by atoms with E-state index < -0.39 is 0 Å². The first-order valence-electron chi connectivity index (χ1n) is 10.9. The van der Waals surface area contributed by atoms with E-state index >= 15 is 0 Å². The molecule has 1 aliphatic heterocycles. The van der Waals surface area contributed by atoms with Gasteiger partial charge in [-0.15, -0.1) is 0 Å². The molecule has 34 heavy (non-hydrogen) atoms. The average molecular weight is 457 g/mol. The van der Waals surface area contributed by atoms with Gasteiger partial charge in [0, 0.05) is 29.5 Å². The minimum absolute atomic E-state index is 0.00600. The van der Waals surface area contributed by atoms with Crippen molar-refractivity contribution in [3.05, 3.63) is 83.7 Å². The van der Waals surface area contributed by atoms with Gasteiger partial charge < -0.3 is 24.2 Å². The number of carbonyl (C=O) groups excluding carboxylic acids is 1. The lowest BCUT2D eigenvalue weighted by Crippen LogP contribution is -2.28. The van der Waals surface area contributed by atoms with Crippen LogP contribution in [0.1, 0.15) is 21.8 Å². The van der Waals surface area contributed by atoms with E-state index in [0.717, 1.165) is 17.8 Å². The van der Waals surface area contributed by atoms with E-state index in [-0.39, 0.29) is 5.91 Å². The van der Waals surface area contributed by atoms with Gasteiger partial charge in [-0.25, -0.2) is 0 Å². The fourth-order valence-corrected chi connectivity index (χ4v) is 4.03. The first kappa shape index (κ1) is 21.5. The minimum atomic E-state index is 0.00600. The lowest BCUT2D eigenvalue weighted by atomic mass is 10.1. The van der Waals surface area contributed by atoms with Gasteiger partial charge in [0.25, 0.3) is 5.91 Å². The summed E-state index contributed by atoms with van der Waals surface area (Å²) in [6.07, 6.45) is 0.885. The van der Waals surface area contributed by atoms with Gasteiger partial charge >= 0.3 is 0 Å². The number of fused-ring (bicyclic) bond motifs is 1. The molecule has 0 unspecified atom stereocenters. The second-order valence-electron chi connectivity index (χ2n) is 7.84. The van der Waals surface area contributed by atoms with Crippen molar-refractivity contribution >= 4 is 17.3 Å². The van der Waals surface area contributed by atoms with Crippen molar-refractivity contribution in [3.8, 4) is 22.9 Å². The van der Waals surface area contributed by atoms with E-state index in [1.165, 1.54) is 5.56 Å². The molecule has 172 valence electrons. The maximum Gasteiger partial charge on any atom is 0.258 e. The monoisotopic (exact) mass is 456 g/mol. The van der Waals surface area contributed by atoms with Gasteiger partial charge in [0.15, 0.2) is 0 Å². The average Bonchev–Trinajstić information content (AvgIpc) is 3.54. The molecule has 0 aliphatic carbocycles. The van der Waals surface area contributed by atoms with Gasteiger partial charge in [-0.2, -0.15) is 4.98 Å². The zero-order valence-corrected chi connectivity index (χ0v) is 18.9. The quantitative estimate of drug-likeness (QED) is 0.436. The summed E-state index contributed by atoms with van der Waals surface area (Å²) in [5.74, 6) is 2.15. The number of aromatic nitrogens is 2. The van der Waals surface area contributed by atoms with E-state index in [9.17, 15) is 4.79 Å². The van der Waals surface area contributed by atoms with E-state index in [1.54, 1.807) is 20.3 Å². The Morgan fingerprint density at radius 2 is 1.88 bits per heavy atom. The van der Waals surface area contributed by atoms with E-state index in [1.807, 2.05) is 59.5 Å². The molecule has 0 atom stereocenters. The number of nitrogens with zero attached hydrogens (tertiary/aromatic N) is 3. The van der Waals surface area contributed by atoms with Gasteiger partial charge in [0.2, 0.25) is 11.7 Å². The number of benzene rings is 3. The third-order valence-electron chi connectivity index (χ3n) is 5.83. The van der Waals surface area contributed by atoms with Crippen LogP contribution in [0.4, 0.5) is 11.4 Å². The van der Waals surface area contributed by atoms with Crippen LogP contribution in [0.3, 0.4) is 0 Å². The van der Waals surface area contributed by atoms with Crippen LogP contribution >= 0.6 is 0 Å². The smallest absolute Gasteiger partial charge is 0.258 e. The summed E-state index contributed by atoms with van der Waals surface area (Å²) < 4.78 is 16.0. The summed E-state index contributed by atoms with van der Waals surface area (Å²) in [5, 5.41) is 7.32. The van der Waals surface area contributed by atoms with Crippen LogP contribution in [0.5, 0.6) is 11.5 Å². The summed E-state index contributed by atoms with van der Waals surface area (Å²) in [6, 6.07) is 20.9. The highest BCUT2D eigenvalue weighted by molar-refractivity contribution is 6.07. The molecule has 0 fully saturated rings. The van der Waals surface area contributed by atoms with E-state index in [4.69, 9.17) is 14.0 Å². The van der Waals surface area contributed by atoms with Crippen LogP contribution in [0.25, 0.3) is 11.4 Å². The highest BCUT2D eigenvalue weighted by Gasteiger charge is 2.25. The summed E-state index contributed by atoms with van der Waals surface area (Å²) >= 11 is 0. The highest BCUT2D eigenvalue weighted by Crippen LogP contribution is 2.32. The standard InChI is InChI=1S/C26H24N4O4/c1-32-20-11-12-21(23(15-20)33-2)25-28-24(34-29-25)16-27-19-9-7-18(8-10-19)26(31)30-14-13-17-5-3-4-6-22(17)30/h3-12,15,27H,13-14,16H2,1-2H3. The molecule has 3 aromatic carbocycles. The Kier molecular flexibility index (Phi) is 5.86. The normalized spacial score (nSPS) is 12.4. The molecule has 1 N–H and O–H groups in total. The lowest BCUT2D eigenvalue weighted by Gasteiger charge is -2.17. The van der Waals surface area contributed by atoms with Crippen LogP contribution in [-0.4, -0.2) is 36.8 Å². The summed E-state index contributed by atoms with van der Waals surface area (Å²) in [5.41, 5.74) is 4.41. The predicted octanol–water partition coefficient (Wildman–Crippen LogP) is 4.57. The number of amides is 1. The molecule has 0 bridgehead atoms. The third kappa shape index (κ3) is 4.17. The molecule has 1 aromatic heterocycles. The van der Waals surface area contributed by atoms with E-state index in [0.29, 0.717) is 47.4 Å². The Bertz CT molecular complexity index is 1320. The maximum absolute atomic E-state index is 13.0. The minimum Gasteiger partial charge on any atom is -0.497 e. The number of rotatable bonds is 7. The van der Waals surface area contributed by atoms with Crippen molar-refractivity contribution in [1.82, 2.24) is 10.1 Å². The topological polar surface area (TPSA) is 89.7 Å². The zero-order chi connectivity index (χ0) is 23.5. The van der Waals surface area contributed by atoms with Crippen LogP contribution < -0.4 is 19.7 Å². The molecule has 4 aromatic rings. The molecular formula is C26H24N4O4. The highest BCUT2D eigenvalue weighted by atomic mass is 16.5. The molecule has 1 aliphatic rings. The van der Waals surface area contributed by atoms with Crippen LogP contribution in [0.15, 0.2) is 71.3 Å². The Morgan fingerprint density at radius 3 is 2.68 bits per heavy atom. The second-order valence-corrected chi connectivity index (χ2v) is 7.84. The number of anilines is 2. The van der Waals surface area contributed by atoms with Gasteiger partial charge in [-0.3, -0.25) is 4.79 Å². The van der Waals surface area contributed by atoms with Crippen molar-refractivity contribution < 1.29 is 18.8 Å². The number of nitrogens with one attached hydrogen (secondary N) is 1. The Morgan fingerprint density at radius 1 is 1.06 bits per heavy atom. The van der Waals surface area contributed by atoms with Crippen LogP contribution in [-0.2, 0) is 13.0 Å². The van der Waals surface area contributed by atoms with Gasteiger partial charge in [0.05, 0.1) is 26.3 Å². The molecule has 0 saturated heterocycles. The van der Waals surface area contributed by atoms with E-state index in [2.05, 4.69) is 21.5 Å². The summed E-state index contributed by atoms with van der Waals surface area (Å²) in [6.45, 7) is 1.05. The number of hydrogen-bond donors (Lipinski definition) is 1. The Balaban J connectivity index is 1.23. The molecule has 8 heteroatoms. The molecule has 1 amide bonds. The number of hydrogen-bond acceptors (Lipinski definition) is 7. The van der Waals surface area contributed by atoms with Crippen molar-refractivity contribution in [1.29, 1.82) is 0 Å². The van der Waals surface area contributed by atoms with Crippen LogP contribution in [0.2, 0.25) is 0 Å². The molecule has 0 saturated carbocycles. The van der Waals surface area contributed by atoms with Gasteiger partial charge in [0.1, 0.15) is 11.5 Å². The van der Waals surface area contributed by atoms with Crippen molar-refractivity contribution in [2.45, 2.75) is 13.0 Å². The number of methoxy groups -OCH3 is 2. The molecule has 0 spiro atoms. The van der Waals surface area contributed by atoms with Gasteiger partial charge in [-0.1, -0.05) is 23.4 Å². The summed E-state index contributed by atoms with van der Waals surface area (Å²) in [7, 11) is 3.18. The maximum atomic E-state index is 13.0.